The highest BCUT2D eigenvalue weighted by molar-refractivity contribution is 9.10. The van der Waals surface area contributed by atoms with Gasteiger partial charge in [-0.3, -0.25) is 4.79 Å². The third-order valence-electron chi connectivity index (χ3n) is 2.63. The first-order valence-electron chi connectivity index (χ1n) is 5.59. The molecular formula is C14H16BrNO. The Labute approximate surface area is 111 Å². The molecule has 1 amide bonds. The van der Waals surface area contributed by atoms with Gasteiger partial charge >= 0.3 is 0 Å². The Kier molecular flexibility index (Phi) is 5.24. The van der Waals surface area contributed by atoms with E-state index < -0.39 is 0 Å². The second-order valence-corrected chi connectivity index (χ2v) is 4.72. The molecule has 0 aliphatic heterocycles. The van der Waals surface area contributed by atoms with E-state index in [1.54, 1.807) is 6.07 Å². The highest BCUT2D eigenvalue weighted by Gasteiger charge is 2.14. The van der Waals surface area contributed by atoms with E-state index in [1.807, 2.05) is 26.0 Å². The normalized spacial score (nSPS) is 11.6. The first kappa shape index (κ1) is 13.8. The number of nitrogens with one attached hydrogen (secondary N) is 1. The van der Waals surface area contributed by atoms with Crippen molar-refractivity contribution in [1.82, 2.24) is 5.32 Å². The monoisotopic (exact) mass is 293 g/mol. The van der Waals surface area contributed by atoms with Crippen molar-refractivity contribution in [2.75, 3.05) is 0 Å². The molecule has 90 valence electrons. The van der Waals surface area contributed by atoms with Crippen molar-refractivity contribution < 1.29 is 4.79 Å². The van der Waals surface area contributed by atoms with Crippen LogP contribution in [0.4, 0.5) is 0 Å². The molecule has 0 bridgehead atoms. The van der Waals surface area contributed by atoms with Crippen molar-refractivity contribution in [3.63, 3.8) is 0 Å². The average Bonchev–Trinajstić information content (AvgIpc) is 2.31. The van der Waals surface area contributed by atoms with Gasteiger partial charge in [-0.25, -0.2) is 0 Å². The fraction of sp³-hybridized carbons (Fsp3) is 0.357. The zero-order chi connectivity index (χ0) is 12.8. The molecule has 0 aliphatic rings. The number of halogens is 1. The Bertz CT molecular complexity index is 448. The first-order chi connectivity index (χ1) is 8.10. The van der Waals surface area contributed by atoms with Crippen LogP contribution in [0.15, 0.2) is 22.7 Å². The number of hydrogen-bond donors (Lipinski definition) is 1. The summed E-state index contributed by atoms with van der Waals surface area (Å²) in [5.74, 6) is 2.49. The molecule has 0 aromatic heterocycles. The molecule has 3 heteroatoms. The van der Waals surface area contributed by atoms with Crippen molar-refractivity contribution >= 4 is 21.8 Å². The van der Waals surface area contributed by atoms with Gasteiger partial charge < -0.3 is 5.32 Å². The summed E-state index contributed by atoms with van der Waals surface area (Å²) in [6.07, 6.45) is 6.66. The van der Waals surface area contributed by atoms with Crippen LogP contribution in [0.2, 0.25) is 0 Å². The summed E-state index contributed by atoms with van der Waals surface area (Å²) in [6.45, 7) is 3.97. The highest BCUT2D eigenvalue weighted by Crippen LogP contribution is 2.21. The summed E-state index contributed by atoms with van der Waals surface area (Å²) in [7, 11) is 0. The standard InChI is InChI=1S/C14H16BrNO/c1-4-7-11(5-2)16-14(17)12-9-6-8-10(3)13(12)15/h1,6,8-9,11H,5,7H2,2-3H3,(H,16,17). The molecule has 0 saturated heterocycles. The minimum Gasteiger partial charge on any atom is -0.348 e. The Morgan fingerprint density at radius 2 is 2.29 bits per heavy atom. The minimum absolute atomic E-state index is 0.0416. The maximum atomic E-state index is 12.1. The summed E-state index contributed by atoms with van der Waals surface area (Å²) in [4.78, 5) is 12.1. The molecule has 1 atom stereocenters. The van der Waals surface area contributed by atoms with Gasteiger partial charge in [0.05, 0.1) is 5.56 Å². The number of amides is 1. The summed E-state index contributed by atoms with van der Waals surface area (Å²) in [5, 5.41) is 2.94. The number of aryl methyl sites for hydroxylation is 1. The molecule has 1 rings (SSSR count). The van der Waals surface area contributed by atoms with Crippen LogP contribution in [0.25, 0.3) is 0 Å². The molecule has 1 N–H and O–H groups in total. The fourth-order valence-corrected chi connectivity index (χ4v) is 1.97. The molecule has 2 nitrogen and oxygen atoms in total. The van der Waals surface area contributed by atoms with E-state index in [-0.39, 0.29) is 11.9 Å². The maximum Gasteiger partial charge on any atom is 0.252 e. The van der Waals surface area contributed by atoms with Crippen LogP contribution in [0.5, 0.6) is 0 Å². The third-order valence-corrected chi connectivity index (χ3v) is 3.68. The van der Waals surface area contributed by atoms with Crippen molar-refractivity contribution in [1.29, 1.82) is 0 Å². The van der Waals surface area contributed by atoms with Crippen molar-refractivity contribution in [2.45, 2.75) is 32.7 Å². The maximum absolute atomic E-state index is 12.1. The van der Waals surface area contributed by atoms with E-state index in [1.165, 1.54) is 0 Å². The Morgan fingerprint density at radius 1 is 1.59 bits per heavy atom. The number of benzene rings is 1. The molecule has 1 aromatic rings. The quantitative estimate of drug-likeness (QED) is 0.848. The largest absolute Gasteiger partial charge is 0.348 e. The third kappa shape index (κ3) is 3.61. The summed E-state index contributed by atoms with van der Waals surface area (Å²) >= 11 is 3.43. The summed E-state index contributed by atoms with van der Waals surface area (Å²) in [6, 6.07) is 5.67. The van der Waals surface area contributed by atoms with Gasteiger partial charge in [-0.05, 0) is 40.9 Å². The van der Waals surface area contributed by atoms with Gasteiger partial charge in [-0.2, -0.15) is 0 Å². The molecule has 0 saturated carbocycles. The van der Waals surface area contributed by atoms with E-state index in [2.05, 4.69) is 27.2 Å². The van der Waals surface area contributed by atoms with E-state index in [4.69, 9.17) is 6.42 Å². The lowest BCUT2D eigenvalue weighted by Crippen LogP contribution is -2.34. The molecule has 1 aromatic carbocycles. The van der Waals surface area contributed by atoms with Crippen LogP contribution in [0.1, 0.15) is 35.7 Å². The molecule has 0 spiro atoms. The summed E-state index contributed by atoms with van der Waals surface area (Å²) < 4.78 is 0.841. The molecule has 0 heterocycles. The number of carbonyl (C=O) groups excluding carboxylic acids is 1. The zero-order valence-electron chi connectivity index (χ0n) is 10.1. The molecule has 0 fully saturated rings. The Balaban J connectivity index is 2.83. The Morgan fingerprint density at radius 3 is 2.88 bits per heavy atom. The number of rotatable bonds is 4. The van der Waals surface area contributed by atoms with Crippen LogP contribution in [-0.2, 0) is 0 Å². The van der Waals surface area contributed by atoms with Gasteiger partial charge in [-0.1, -0.05) is 19.1 Å². The van der Waals surface area contributed by atoms with Crippen molar-refractivity contribution in [2.24, 2.45) is 0 Å². The number of terminal acetylenes is 1. The molecule has 0 aliphatic carbocycles. The van der Waals surface area contributed by atoms with E-state index in [0.29, 0.717) is 12.0 Å². The SMILES string of the molecule is C#CCC(CC)NC(=O)c1cccc(C)c1Br. The van der Waals surface area contributed by atoms with Crippen molar-refractivity contribution in [3.8, 4) is 12.3 Å². The van der Waals surface area contributed by atoms with Crippen LogP contribution >= 0.6 is 15.9 Å². The van der Waals surface area contributed by atoms with E-state index in [9.17, 15) is 4.79 Å². The zero-order valence-corrected chi connectivity index (χ0v) is 11.7. The minimum atomic E-state index is -0.0809. The molecular weight excluding hydrogens is 278 g/mol. The second kappa shape index (κ2) is 6.46. The predicted octanol–water partition coefficient (Wildman–Crippen LogP) is 3.29. The fourth-order valence-electron chi connectivity index (χ4n) is 1.53. The number of carbonyl (C=O) groups is 1. The summed E-state index contributed by atoms with van der Waals surface area (Å²) in [5.41, 5.74) is 1.70. The molecule has 17 heavy (non-hydrogen) atoms. The van der Waals surface area contributed by atoms with Gasteiger partial charge in [-0.15, -0.1) is 12.3 Å². The lowest BCUT2D eigenvalue weighted by molar-refractivity contribution is 0.0936. The van der Waals surface area contributed by atoms with Crippen LogP contribution < -0.4 is 5.32 Å². The second-order valence-electron chi connectivity index (χ2n) is 3.92. The van der Waals surface area contributed by atoms with E-state index in [0.717, 1.165) is 16.5 Å². The topological polar surface area (TPSA) is 29.1 Å². The predicted molar refractivity (Wildman–Crippen MR) is 73.9 cm³/mol. The van der Waals surface area contributed by atoms with Gasteiger partial charge in [0.1, 0.15) is 0 Å². The van der Waals surface area contributed by atoms with Crippen LogP contribution in [0, 0.1) is 19.3 Å². The van der Waals surface area contributed by atoms with Crippen LogP contribution in [0.3, 0.4) is 0 Å². The van der Waals surface area contributed by atoms with Gasteiger partial charge in [0, 0.05) is 16.9 Å². The lowest BCUT2D eigenvalue weighted by atomic mass is 10.1. The molecule has 0 radical (unpaired) electrons. The Hall–Kier alpha value is -1.27. The first-order valence-corrected chi connectivity index (χ1v) is 6.38. The highest BCUT2D eigenvalue weighted by atomic mass is 79.9. The molecule has 1 unspecified atom stereocenters. The van der Waals surface area contributed by atoms with Crippen molar-refractivity contribution in [3.05, 3.63) is 33.8 Å². The smallest absolute Gasteiger partial charge is 0.252 e. The van der Waals surface area contributed by atoms with Gasteiger partial charge in [0.15, 0.2) is 0 Å². The van der Waals surface area contributed by atoms with Gasteiger partial charge in [0.2, 0.25) is 0 Å². The van der Waals surface area contributed by atoms with Gasteiger partial charge in [0.25, 0.3) is 5.91 Å². The van der Waals surface area contributed by atoms with E-state index >= 15 is 0 Å². The van der Waals surface area contributed by atoms with Crippen LogP contribution in [-0.4, -0.2) is 11.9 Å². The lowest BCUT2D eigenvalue weighted by Gasteiger charge is -2.15. The average molecular weight is 294 g/mol. The number of hydrogen-bond acceptors (Lipinski definition) is 1.